The number of aryl methyl sites for hydroxylation is 2. The summed E-state index contributed by atoms with van der Waals surface area (Å²) < 4.78 is 2.40. The van der Waals surface area contributed by atoms with Gasteiger partial charge in [-0.15, -0.1) is 11.6 Å². The number of hydrogen-bond donors (Lipinski definition) is 0. The van der Waals surface area contributed by atoms with Gasteiger partial charge in [0.05, 0.1) is 17.1 Å². The van der Waals surface area contributed by atoms with E-state index in [0.29, 0.717) is 17.8 Å². The lowest BCUT2D eigenvalue weighted by Crippen LogP contribution is -2.29. The molecule has 1 heterocycles. The van der Waals surface area contributed by atoms with Gasteiger partial charge in [0.15, 0.2) is 0 Å². The number of benzene rings is 1. The largest absolute Gasteiger partial charge is 0.323 e. The molecule has 0 radical (unpaired) electrons. The molecule has 0 aliphatic heterocycles. The summed E-state index contributed by atoms with van der Waals surface area (Å²) in [5.74, 6) is 2.25. The number of aromatic nitrogens is 2. The summed E-state index contributed by atoms with van der Waals surface area (Å²) in [5, 5.41) is 0. The molecule has 0 N–H and O–H groups in total. The highest BCUT2D eigenvalue weighted by Gasteiger charge is 2.22. The van der Waals surface area contributed by atoms with Crippen LogP contribution in [0.25, 0.3) is 11.0 Å². The van der Waals surface area contributed by atoms with Gasteiger partial charge in [-0.3, -0.25) is 0 Å². The van der Waals surface area contributed by atoms with Crippen LogP contribution in [-0.4, -0.2) is 41.0 Å². The van der Waals surface area contributed by atoms with E-state index in [0.717, 1.165) is 24.3 Å². The highest BCUT2D eigenvalue weighted by molar-refractivity contribution is 6.17. The highest BCUT2D eigenvalue weighted by Crippen LogP contribution is 2.27. The molecule has 116 valence electrons. The van der Waals surface area contributed by atoms with Gasteiger partial charge in [0.2, 0.25) is 0 Å². The summed E-state index contributed by atoms with van der Waals surface area (Å²) in [7, 11) is 4.25. The number of nitrogens with zero attached hydrogens (tertiary/aromatic N) is 3. The first-order valence-electron chi connectivity index (χ1n) is 7.62. The summed E-state index contributed by atoms with van der Waals surface area (Å²) in [6, 6.07) is 6.93. The van der Waals surface area contributed by atoms with Crippen LogP contribution in [0.4, 0.5) is 0 Å². The highest BCUT2D eigenvalue weighted by atomic mass is 35.5. The molecule has 0 fully saturated rings. The maximum absolute atomic E-state index is 5.99. The Morgan fingerprint density at radius 1 is 1.29 bits per heavy atom. The molecule has 0 saturated carbocycles. The van der Waals surface area contributed by atoms with Gasteiger partial charge in [0.25, 0.3) is 0 Å². The zero-order valence-corrected chi connectivity index (χ0v) is 14.5. The van der Waals surface area contributed by atoms with Crippen LogP contribution >= 0.6 is 11.6 Å². The Labute approximate surface area is 132 Å². The topological polar surface area (TPSA) is 21.1 Å². The van der Waals surface area contributed by atoms with E-state index in [1.165, 1.54) is 11.1 Å². The van der Waals surface area contributed by atoms with Crippen molar-refractivity contribution in [3.05, 3.63) is 29.6 Å². The van der Waals surface area contributed by atoms with E-state index in [-0.39, 0.29) is 0 Å². The average molecular weight is 308 g/mol. The lowest BCUT2D eigenvalue weighted by Gasteiger charge is -2.28. The van der Waals surface area contributed by atoms with Gasteiger partial charge in [-0.1, -0.05) is 19.9 Å². The Morgan fingerprint density at radius 2 is 2.00 bits per heavy atom. The predicted molar refractivity (Wildman–Crippen MR) is 91.3 cm³/mol. The fraction of sp³-hybridized carbons (Fsp3) is 0.588. The molecule has 0 amide bonds. The minimum atomic E-state index is 0.408. The van der Waals surface area contributed by atoms with Crippen molar-refractivity contribution >= 4 is 22.6 Å². The third-order valence-corrected chi connectivity index (χ3v) is 4.08. The van der Waals surface area contributed by atoms with Gasteiger partial charge in [-0.25, -0.2) is 4.98 Å². The number of imidazole rings is 1. The standard InChI is InChI=1S/C17H26ClN3/c1-12(2)16(11-20(4)5)21-15-7-6-13(3)10-14(15)19-17(21)8-9-18/h6-7,10,12,16H,8-9,11H2,1-5H3. The molecule has 1 atom stereocenters. The normalized spacial score (nSPS) is 13.5. The Hall–Kier alpha value is -1.06. The summed E-state index contributed by atoms with van der Waals surface area (Å²) in [5.41, 5.74) is 3.55. The molecule has 2 rings (SSSR count). The summed E-state index contributed by atoms with van der Waals surface area (Å²) >= 11 is 5.99. The van der Waals surface area contributed by atoms with Gasteiger partial charge >= 0.3 is 0 Å². The maximum atomic E-state index is 5.99. The first-order chi connectivity index (χ1) is 9.93. The average Bonchev–Trinajstić information content (AvgIpc) is 2.73. The molecule has 4 heteroatoms. The summed E-state index contributed by atoms with van der Waals surface area (Å²) in [6.07, 6.45) is 0.811. The van der Waals surface area contributed by atoms with Crippen molar-refractivity contribution in [3.63, 3.8) is 0 Å². The monoisotopic (exact) mass is 307 g/mol. The fourth-order valence-corrected chi connectivity index (χ4v) is 3.02. The lowest BCUT2D eigenvalue weighted by atomic mass is 10.0. The minimum absolute atomic E-state index is 0.408. The number of alkyl halides is 1. The van der Waals surface area contributed by atoms with Gasteiger partial charge < -0.3 is 9.47 Å². The Morgan fingerprint density at radius 3 is 2.57 bits per heavy atom. The molecular weight excluding hydrogens is 282 g/mol. The van der Waals surface area contributed by atoms with Crippen LogP contribution in [-0.2, 0) is 6.42 Å². The van der Waals surface area contributed by atoms with Crippen LogP contribution in [0.5, 0.6) is 0 Å². The van der Waals surface area contributed by atoms with E-state index in [1.54, 1.807) is 0 Å². The van der Waals surface area contributed by atoms with Crippen molar-refractivity contribution in [1.82, 2.24) is 14.5 Å². The van der Waals surface area contributed by atoms with Crippen LogP contribution in [0.2, 0.25) is 0 Å². The number of likely N-dealkylation sites (N-methyl/N-ethyl adjacent to an activating group) is 1. The van der Waals surface area contributed by atoms with E-state index < -0.39 is 0 Å². The van der Waals surface area contributed by atoms with Crippen molar-refractivity contribution in [2.45, 2.75) is 33.2 Å². The zero-order valence-electron chi connectivity index (χ0n) is 13.7. The second-order valence-electron chi connectivity index (χ2n) is 6.40. The molecule has 3 nitrogen and oxygen atoms in total. The van der Waals surface area contributed by atoms with Crippen LogP contribution in [0, 0.1) is 12.8 Å². The van der Waals surface area contributed by atoms with Crippen LogP contribution < -0.4 is 0 Å². The first-order valence-corrected chi connectivity index (χ1v) is 8.15. The molecule has 0 aliphatic rings. The van der Waals surface area contributed by atoms with Crippen LogP contribution in [0.3, 0.4) is 0 Å². The van der Waals surface area contributed by atoms with E-state index in [2.05, 4.69) is 62.5 Å². The Kier molecular flexibility index (Phi) is 5.28. The van der Waals surface area contributed by atoms with Gasteiger partial charge in [0, 0.05) is 18.8 Å². The Bertz CT molecular complexity index is 601. The van der Waals surface area contributed by atoms with E-state index in [1.807, 2.05) is 0 Å². The molecule has 1 unspecified atom stereocenters. The molecular formula is C17H26ClN3. The van der Waals surface area contributed by atoms with Gasteiger partial charge in [-0.05, 0) is 44.6 Å². The molecule has 1 aromatic heterocycles. The molecule has 0 saturated heterocycles. The van der Waals surface area contributed by atoms with Crippen molar-refractivity contribution in [2.75, 3.05) is 26.5 Å². The maximum Gasteiger partial charge on any atom is 0.111 e. The minimum Gasteiger partial charge on any atom is -0.323 e. The van der Waals surface area contributed by atoms with E-state index >= 15 is 0 Å². The number of rotatable bonds is 6. The van der Waals surface area contributed by atoms with Crippen molar-refractivity contribution in [3.8, 4) is 0 Å². The van der Waals surface area contributed by atoms with Crippen molar-refractivity contribution in [1.29, 1.82) is 0 Å². The third kappa shape index (κ3) is 3.58. The van der Waals surface area contributed by atoms with E-state index in [9.17, 15) is 0 Å². The zero-order chi connectivity index (χ0) is 15.6. The molecule has 0 bridgehead atoms. The smallest absolute Gasteiger partial charge is 0.111 e. The van der Waals surface area contributed by atoms with Gasteiger partial charge in [-0.2, -0.15) is 0 Å². The summed E-state index contributed by atoms with van der Waals surface area (Å²) in [4.78, 5) is 7.08. The van der Waals surface area contributed by atoms with E-state index in [4.69, 9.17) is 16.6 Å². The number of halogens is 1. The lowest BCUT2D eigenvalue weighted by molar-refractivity contribution is 0.269. The molecule has 2 aromatic rings. The number of hydrogen-bond acceptors (Lipinski definition) is 2. The molecule has 1 aromatic carbocycles. The Balaban J connectivity index is 2.59. The SMILES string of the molecule is Cc1ccc2c(c1)nc(CCCl)n2C(CN(C)C)C(C)C. The third-order valence-electron chi connectivity index (χ3n) is 3.89. The molecule has 21 heavy (non-hydrogen) atoms. The quantitative estimate of drug-likeness (QED) is 0.755. The predicted octanol–water partition coefficient (Wildman–Crippen LogP) is 3.88. The fourth-order valence-electron chi connectivity index (χ4n) is 2.85. The molecule has 0 aliphatic carbocycles. The number of fused-ring (bicyclic) bond motifs is 1. The van der Waals surface area contributed by atoms with Gasteiger partial charge in [0.1, 0.15) is 5.82 Å². The second kappa shape index (κ2) is 6.80. The van der Waals surface area contributed by atoms with Crippen molar-refractivity contribution < 1.29 is 0 Å². The summed E-state index contributed by atoms with van der Waals surface area (Å²) in [6.45, 7) is 7.67. The first kappa shape index (κ1) is 16.3. The van der Waals surface area contributed by atoms with Crippen LogP contribution in [0.15, 0.2) is 18.2 Å². The van der Waals surface area contributed by atoms with Crippen molar-refractivity contribution in [2.24, 2.45) is 5.92 Å². The van der Waals surface area contributed by atoms with Crippen LogP contribution in [0.1, 0.15) is 31.3 Å². The molecule has 0 spiro atoms. The second-order valence-corrected chi connectivity index (χ2v) is 6.78.